The van der Waals surface area contributed by atoms with Gasteiger partial charge in [0.15, 0.2) is 0 Å². The van der Waals surface area contributed by atoms with Gasteiger partial charge in [-0.15, -0.1) is 11.3 Å². The predicted octanol–water partition coefficient (Wildman–Crippen LogP) is 3.95. The molecule has 0 unspecified atom stereocenters. The lowest BCUT2D eigenvalue weighted by molar-refractivity contribution is 0.0786. The Hall–Kier alpha value is -2.60. The molecule has 26 heavy (non-hydrogen) atoms. The summed E-state index contributed by atoms with van der Waals surface area (Å²) in [5, 5.41) is 6.11. The monoisotopic (exact) mass is 369 g/mol. The first-order valence-electron chi connectivity index (χ1n) is 8.44. The fourth-order valence-corrected chi connectivity index (χ4v) is 3.48. The molecule has 2 aromatic heterocycles. The third-order valence-electron chi connectivity index (χ3n) is 4.42. The summed E-state index contributed by atoms with van der Waals surface area (Å²) in [5.41, 5.74) is 4.46. The number of rotatable bonds is 6. The molecule has 0 bridgehead atoms. The summed E-state index contributed by atoms with van der Waals surface area (Å²) in [7, 11) is 3.68. The van der Waals surface area contributed by atoms with E-state index in [4.69, 9.17) is 4.74 Å². The van der Waals surface area contributed by atoms with Crippen molar-refractivity contribution in [3.8, 4) is 5.75 Å². The standard InChI is InChI=1S/C20H23N3O2S/c1-14-5-6-18(9-15(14)2)25-12-16-10-19(26-13-16)20(24)22(3)11-17-7-8-21-23(17)4/h5-10,13H,11-12H2,1-4H3. The van der Waals surface area contributed by atoms with Gasteiger partial charge in [-0.1, -0.05) is 6.07 Å². The third-order valence-corrected chi connectivity index (χ3v) is 5.38. The van der Waals surface area contributed by atoms with Crippen LogP contribution in [-0.2, 0) is 20.2 Å². The maximum absolute atomic E-state index is 12.6. The van der Waals surface area contributed by atoms with Crippen molar-refractivity contribution < 1.29 is 9.53 Å². The molecule has 3 rings (SSSR count). The van der Waals surface area contributed by atoms with E-state index < -0.39 is 0 Å². The molecule has 0 N–H and O–H groups in total. The molecule has 0 saturated carbocycles. The van der Waals surface area contributed by atoms with Crippen LogP contribution in [0, 0.1) is 13.8 Å². The van der Waals surface area contributed by atoms with Crippen LogP contribution in [0.4, 0.5) is 0 Å². The van der Waals surface area contributed by atoms with Crippen LogP contribution >= 0.6 is 11.3 Å². The smallest absolute Gasteiger partial charge is 0.264 e. The van der Waals surface area contributed by atoms with Crippen molar-refractivity contribution in [2.75, 3.05) is 7.05 Å². The zero-order valence-corrected chi connectivity index (χ0v) is 16.3. The zero-order chi connectivity index (χ0) is 18.7. The molecule has 0 spiro atoms. The zero-order valence-electron chi connectivity index (χ0n) is 15.5. The fraction of sp³-hybridized carbons (Fsp3) is 0.300. The molecule has 2 heterocycles. The second kappa shape index (κ2) is 7.74. The molecule has 0 fully saturated rings. The van der Waals surface area contributed by atoms with Crippen LogP contribution in [0.15, 0.2) is 41.9 Å². The van der Waals surface area contributed by atoms with Crippen molar-refractivity contribution in [1.29, 1.82) is 0 Å². The Morgan fingerprint density at radius 2 is 2.04 bits per heavy atom. The molecular weight excluding hydrogens is 346 g/mol. The first-order valence-corrected chi connectivity index (χ1v) is 9.32. The highest BCUT2D eigenvalue weighted by Gasteiger charge is 2.16. The molecule has 5 nitrogen and oxygen atoms in total. The summed E-state index contributed by atoms with van der Waals surface area (Å²) in [4.78, 5) is 15.0. The maximum Gasteiger partial charge on any atom is 0.264 e. The second-order valence-corrected chi connectivity index (χ2v) is 7.37. The summed E-state index contributed by atoms with van der Waals surface area (Å²) >= 11 is 1.45. The lowest BCUT2D eigenvalue weighted by atomic mass is 10.1. The summed E-state index contributed by atoms with van der Waals surface area (Å²) < 4.78 is 7.63. The van der Waals surface area contributed by atoms with Gasteiger partial charge < -0.3 is 9.64 Å². The minimum Gasteiger partial charge on any atom is -0.489 e. The number of aryl methyl sites for hydroxylation is 3. The van der Waals surface area contributed by atoms with Gasteiger partial charge >= 0.3 is 0 Å². The van der Waals surface area contributed by atoms with Gasteiger partial charge in [-0.3, -0.25) is 9.48 Å². The topological polar surface area (TPSA) is 47.4 Å². The predicted molar refractivity (Wildman–Crippen MR) is 104 cm³/mol. The van der Waals surface area contributed by atoms with Crippen LogP contribution in [0.2, 0.25) is 0 Å². The van der Waals surface area contributed by atoms with Crippen LogP contribution in [0.25, 0.3) is 0 Å². The number of hydrogen-bond acceptors (Lipinski definition) is 4. The number of carbonyl (C=O) groups excluding carboxylic acids is 1. The van der Waals surface area contributed by atoms with Crippen molar-refractivity contribution in [2.24, 2.45) is 7.05 Å². The molecule has 3 aromatic rings. The molecule has 1 aromatic carbocycles. The highest BCUT2D eigenvalue weighted by molar-refractivity contribution is 7.12. The number of aromatic nitrogens is 2. The lowest BCUT2D eigenvalue weighted by Gasteiger charge is -2.16. The van der Waals surface area contributed by atoms with Crippen LogP contribution < -0.4 is 4.74 Å². The normalized spacial score (nSPS) is 10.8. The SMILES string of the molecule is Cc1ccc(OCc2csc(C(=O)N(C)Cc3ccnn3C)c2)cc1C. The van der Waals surface area contributed by atoms with Gasteiger partial charge in [0, 0.05) is 25.9 Å². The first-order chi connectivity index (χ1) is 12.4. The van der Waals surface area contributed by atoms with Crippen LogP contribution in [0.1, 0.15) is 32.1 Å². The Labute approximate surface area is 157 Å². The number of benzene rings is 1. The molecule has 6 heteroatoms. The number of carbonyl (C=O) groups is 1. The average Bonchev–Trinajstić information content (AvgIpc) is 3.25. The van der Waals surface area contributed by atoms with Crippen molar-refractivity contribution in [3.05, 3.63) is 69.2 Å². The van der Waals surface area contributed by atoms with Gasteiger partial charge in [0.2, 0.25) is 0 Å². The van der Waals surface area contributed by atoms with Crippen LogP contribution in [-0.4, -0.2) is 27.6 Å². The van der Waals surface area contributed by atoms with E-state index >= 15 is 0 Å². The Kier molecular flexibility index (Phi) is 5.42. The van der Waals surface area contributed by atoms with E-state index in [1.807, 2.05) is 36.7 Å². The van der Waals surface area contributed by atoms with Gasteiger partial charge in [-0.2, -0.15) is 5.10 Å². The van der Waals surface area contributed by atoms with E-state index in [0.717, 1.165) is 17.0 Å². The highest BCUT2D eigenvalue weighted by atomic mass is 32.1. The van der Waals surface area contributed by atoms with Gasteiger partial charge in [-0.05, 0) is 54.6 Å². The van der Waals surface area contributed by atoms with E-state index in [-0.39, 0.29) is 5.91 Å². The molecule has 136 valence electrons. The molecular formula is C20H23N3O2S. The van der Waals surface area contributed by atoms with Gasteiger partial charge in [0.05, 0.1) is 17.1 Å². The molecule has 0 saturated heterocycles. The van der Waals surface area contributed by atoms with E-state index in [2.05, 4.69) is 25.0 Å². The number of hydrogen-bond donors (Lipinski definition) is 0. The maximum atomic E-state index is 12.6. The molecule has 0 radical (unpaired) electrons. The Balaban J connectivity index is 1.60. The van der Waals surface area contributed by atoms with Crippen molar-refractivity contribution in [2.45, 2.75) is 27.0 Å². The van der Waals surface area contributed by atoms with E-state index in [9.17, 15) is 4.79 Å². The highest BCUT2D eigenvalue weighted by Crippen LogP contribution is 2.21. The summed E-state index contributed by atoms with van der Waals surface area (Å²) in [6, 6.07) is 9.90. The Bertz CT molecular complexity index is 913. The first kappa shape index (κ1) is 18.2. The molecule has 0 aliphatic carbocycles. The Morgan fingerprint density at radius 1 is 1.23 bits per heavy atom. The molecule has 0 aliphatic heterocycles. The number of ether oxygens (including phenoxy) is 1. The molecule has 0 atom stereocenters. The number of amides is 1. The minimum absolute atomic E-state index is 0.00799. The van der Waals surface area contributed by atoms with Crippen LogP contribution in [0.5, 0.6) is 5.75 Å². The largest absolute Gasteiger partial charge is 0.489 e. The molecule has 1 amide bonds. The van der Waals surface area contributed by atoms with Crippen molar-refractivity contribution >= 4 is 17.2 Å². The van der Waals surface area contributed by atoms with Crippen molar-refractivity contribution in [3.63, 3.8) is 0 Å². The van der Waals surface area contributed by atoms with E-state index in [1.54, 1.807) is 22.8 Å². The Morgan fingerprint density at radius 3 is 2.73 bits per heavy atom. The third kappa shape index (κ3) is 4.14. The van der Waals surface area contributed by atoms with Crippen LogP contribution in [0.3, 0.4) is 0 Å². The van der Waals surface area contributed by atoms with Gasteiger partial charge in [0.25, 0.3) is 5.91 Å². The summed E-state index contributed by atoms with van der Waals surface area (Å²) in [6.07, 6.45) is 1.74. The second-order valence-electron chi connectivity index (χ2n) is 6.46. The fourth-order valence-electron chi connectivity index (χ4n) is 2.59. The molecule has 0 aliphatic rings. The van der Waals surface area contributed by atoms with E-state index in [0.29, 0.717) is 18.0 Å². The minimum atomic E-state index is 0.00799. The summed E-state index contributed by atoms with van der Waals surface area (Å²) in [5.74, 6) is 0.856. The number of nitrogens with zero attached hydrogens (tertiary/aromatic N) is 3. The average molecular weight is 369 g/mol. The van der Waals surface area contributed by atoms with E-state index in [1.165, 1.54) is 22.5 Å². The lowest BCUT2D eigenvalue weighted by Crippen LogP contribution is -2.26. The summed E-state index contributed by atoms with van der Waals surface area (Å²) in [6.45, 7) is 5.14. The van der Waals surface area contributed by atoms with Crippen molar-refractivity contribution in [1.82, 2.24) is 14.7 Å². The quantitative estimate of drug-likeness (QED) is 0.661. The number of thiophene rings is 1. The van der Waals surface area contributed by atoms with Gasteiger partial charge in [-0.25, -0.2) is 0 Å². The van der Waals surface area contributed by atoms with Gasteiger partial charge in [0.1, 0.15) is 12.4 Å².